The summed E-state index contributed by atoms with van der Waals surface area (Å²) >= 11 is 0. The highest BCUT2D eigenvalue weighted by molar-refractivity contribution is 5.94. The van der Waals surface area contributed by atoms with Gasteiger partial charge in [-0.3, -0.25) is 14.9 Å². The normalized spacial score (nSPS) is 10.4. The summed E-state index contributed by atoms with van der Waals surface area (Å²) < 4.78 is 0. The monoisotopic (exact) mass is 344 g/mol. The Morgan fingerprint density at radius 3 is 2.64 bits per heavy atom. The number of pyridine rings is 1. The van der Waals surface area contributed by atoms with Crippen LogP contribution in [0.15, 0.2) is 18.3 Å². The summed E-state index contributed by atoms with van der Waals surface area (Å²) in [7, 11) is 3.33. The molecule has 0 spiro atoms. The fourth-order valence-electron chi connectivity index (χ4n) is 2.39. The predicted octanol–water partition coefficient (Wildman–Crippen LogP) is 1.17. The van der Waals surface area contributed by atoms with Crippen molar-refractivity contribution in [3.8, 4) is 0 Å². The molecule has 2 rings (SSSR count). The van der Waals surface area contributed by atoms with Gasteiger partial charge < -0.3 is 15.5 Å². The lowest BCUT2D eigenvalue weighted by molar-refractivity contribution is 0.0954. The van der Waals surface area contributed by atoms with Gasteiger partial charge in [-0.15, -0.1) is 0 Å². The average molecular weight is 344 g/mol. The Hall–Kier alpha value is -2.90. The fraction of sp³-hybridized carbons (Fsp3) is 0.412. The van der Waals surface area contributed by atoms with Crippen molar-refractivity contribution in [2.45, 2.75) is 26.8 Å². The summed E-state index contributed by atoms with van der Waals surface area (Å²) in [4.78, 5) is 29.4. The number of nitrogens with zero attached hydrogens (tertiary/aromatic N) is 3. The number of nitrogens with one attached hydrogen (secondary N) is 3. The van der Waals surface area contributed by atoms with E-state index >= 15 is 0 Å². The van der Waals surface area contributed by atoms with Crippen LogP contribution in [-0.2, 0) is 13.0 Å². The largest absolute Gasteiger partial charge is 0.352 e. The van der Waals surface area contributed by atoms with Gasteiger partial charge in [0.05, 0.1) is 17.9 Å². The van der Waals surface area contributed by atoms with E-state index in [0.29, 0.717) is 17.8 Å². The Balaban J connectivity index is 1.89. The van der Waals surface area contributed by atoms with Gasteiger partial charge in [0, 0.05) is 38.1 Å². The summed E-state index contributed by atoms with van der Waals surface area (Å²) in [5, 5.41) is 12.7. The second-order valence-corrected chi connectivity index (χ2v) is 6.01. The summed E-state index contributed by atoms with van der Waals surface area (Å²) in [5.74, 6) is -0.165. The minimum absolute atomic E-state index is 0.165. The van der Waals surface area contributed by atoms with E-state index in [1.54, 1.807) is 32.4 Å². The molecule has 0 aliphatic heterocycles. The number of carbonyl (C=O) groups excluding carboxylic acids is 2. The van der Waals surface area contributed by atoms with Crippen LogP contribution in [0.3, 0.4) is 0 Å². The smallest absolute Gasteiger partial charge is 0.317 e. The van der Waals surface area contributed by atoms with E-state index in [0.717, 1.165) is 23.4 Å². The SMILES string of the molecule is Cc1n[nH]c(C)c1CCNC(=O)c1ccnc(CNC(=O)N(C)C)c1. The molecule has 0 aliphatic carbocycles. The first-order chi connectivity index (χ1) is 11.9. The molecule has 3 N–H and O–H groups in total. The highest BCUT2D eigenvalue weighted by Crippen LogP contribution is 2.09. The molecule has 0 aliphatic rings. The Kier molecular flexibility index (Phi) is 6.10. The van der Waals surface area contributed by atoms with Gasteiger partial charge in [-0.2, -0.15) is 5.10 Å². The number of carbonyl (C=O) groups is 2. The molecule has 0 unspecified atom stereocenters. The first-order valence-corrected chi connectivity index (χ1v) is 8.07. The van der Waals surface area contributed by atoms with Gasteiger partial charge in [0.15, 0.2) is 0 Å². The lowest BCUT2D eigenvalue weighted by Gasteiger charge is -2.12. The minimum Gasteiger partial charge on any atom is -0.352 e. The molecule has 3 amide bonds. The van der Waals surface area contributed by atoms with E-state index < -0.39 is 0 Å². The molecule has 2 heterocycles. The van der Waals surface area contributed by atoms with Crippen molar-refractivity contribution >= 4 is 11.9 Å². The van der Waals surface area contributed by atoms with Crippen molar-refractivity contribution in [3.05, 3.63) is 46.5 Å². The summed E-state index contributed by atoms with van der Waals surface area (Å²) in [6.07, 6.45) is 2.28. The van der Waals surface area contributed by atoms with Crippen LogP contribution < -0.4 is 10.6 Å². The number of aromatic nitrogens is 3. The second kappa shape index (κ2) is 8.27. The van der Waals surface area contributed by atoms with E-state index in [1.807, 2.05) is 13.8 Å². The van der Waals surface area contributed by atoms with E-state index in [2.05, 4.69) is 25.8 Å². The fourth-order valence-corrected chi connectivity index (χ4v) is 2.39. The van der Waals surface area contributed by atoms with Crippen molar-refractivity contribution in [1.29, 1.82) is 0 Å². The second-order valence-electron chi connectivity index (χ2n) is 6.01. The van der Waals surface area contributed by atoms with E-state index in [-0.39, 0.29) is 18.5 Å². The van der Waals surface area contributed by atoms with Gasteiger partial charge in [-0.05, 0) is 38.0 Å². The average Bonchev–Trinajstić information content (AvgIpc) is 2.91. The molecule has 0 aromatic carbocycles. The highest BCUT2D eigenvalue weighted by Gasteiger charge is 2.10. The molecule has 2 aromatic rings. The van der Waals surface area contributed by atoms with Crippen LogP contribution in [0.2, 0.25) is 0 Å². The molecule has 0 fully saturated rings. The van der Waals surface area contributed by atoms with E-state index in [4.69, 9.17) is 0 Å². The third-order valence-corrected chi connectivity index (χ3v) is 3.85. The maximum absolute atomic E-state index is 12.3. The van der Waals surface area contributed by atoms with Crippen LogP contribution in [0.25, 0.3) is 0 Å². The molecule has 8 nitrogen and oxygen atoms in total. The molecule has 134 valence electrons. The zero-order valence-corrected chi connectivity index (χ0v) is 15.0. The van der Waals surface area contributed by atoms with Crippen LogP contribution in [0.1, 0.15) is 33.0 Å². The van der Waals surface area contributed by atoms with Crippen LogP contribution in [0.4, 0.5) is 4.79 Å². The van der Waals surface area contributed by atoms with Crippen LogP contribution in [0.5, 0.6) is 0 Å². The molecule has 0 saturated heterocycles. The molecule has 0 bridgehead atoms. The molecule has 8 heteroatoms. The zero-order chi connectivity index (χ0) is 18.4. The summed E-state index contributed by atoms with van der Waals surface area (Å²) in [5.41, 5.74) is 4.25. The number of aromatic amines is 1. The maximum atomic E-state index is 12.3. The van der Waals surface area contributed by atoms with Crippen molar-refractivity contribution in [2.24, 2.45) is 0 Å². The Labute approximate surface area is 147 Å². The molecule has 25 heavy (non-hydrogen) atoms. The van der Waals surface area contributed by atoms with Gasteiger partial charge in [0.2, 0.25) is 0 Å². The quantitative estimate of drug-likeness (QED) is 0.732. The Morgan fingerprint density at radius 1 is 1.24 bits per heavy atom. The molecule has 2 aromatic heterocycles. The van der Waals surface area contributed by atoms with Crippen molar-refractivity contribution < 1.29 is 9.59 Å². The Bertz CT molecular complexity index is 734. The predicted molar refractivity (Wildman–Crippen MR) is 94.3 cm³/mol. The molecule has 0 saturated carbocycles. The zero-order valence-electron chi connectivity index (χ0n) is 15.0. The highest BCUT2D eigenvalue weighted by atomic mass is 16.2. The van der Waals surface area contributed by atoms with Gasteiger partial charge >= 0.3 is 6.03 Å². The van der Waals surface area contributed by atoms with Gasteiger partial charge in [0.1, 0.15) is 0 Å². The van der Waals surface area contributed by atoms with Crippen LogP contribution in [0, 0.1) is 13.8 Å². The third kappa shape index (κ3) is 5.03. The number of H-pyrrole nitrogens is 1. The molecular weight excluding hydrogens is 320 g/mol. The van der Waals surface area contributed by atoms with Gasteiger partial charge in [0.25, 0.3) is 5.91 Å². The summed E-state index contributed by atoms with van der Waals surface area (Å²) in [6.45, 7) is 4.70. The minimum atomic E-state index is -0.206. The van der Waals surface area contributed by atoms with Crippen LogP contribution >= 0.6 is 0 Å². The van der Waals surface area contributed by atoms with Crippen molar-refractivity contribution in [3.63, 3.8) is 0 Å². The number of urea groups is 1. The first-order valence-electron chi connectivity index (χ1n) is 8.07. The van der Waals surface area contributed by atoms with Crippen molar-refractivity contribution in [1.82, 2.24) is 30.7 Å². The number of rotatable bonds is 6. The third-order valence-electron chi connectivity index (χ3n) is 3.85. The lowest BCUT2D eigenvalue weighted by Crippen LogP contribution is -2.34. The maximum Gasteiger partial charge on any atom is 0.317 e. The van der Waals surface area contributed by atoms with E-state index in [9.17, 15) is 9.59 Å². The molecular formula is C17H24N6O2. The Morgan fingerprint density at radius 2 is 2.00 bits per heavy atom. The summed E-state index contributed by atoms with van der Waals surface area (Å²) in [6, 6.07) is 3.13. The van der Waals surface area contributed by atoms with Gasteiger partial charge in [-0.25, -0.2) is 4.79 Å². The van der Waals surface area contributed by atoms with Crippen LogP contribution in [-0.4, -0.2) is 52.7 Å². The van der Waals surface area contributed by atoms with Crippen molar-refractivity contribution in [2.75, 3.05) is 20.6 Å². The first kappa shape index (κ1) is 18.4. The standard InChI is InChI=1S/C17H24N6O2/c1-11-15(12(2)22-21-11)6-8-19-16(24)13-5-7-18-14(9-13)10-20-17(25)23(3)4/h5,7,9H,6,8,10H2,1-4H3,(H,19,24)(H,20,25)(H,21,22). The topological polar surface area (TPSA) is 103 Å². The number of hydrogen-bond donors (Lipinski definition) is 3. The molecule has 0 atom stereocenters. The van der Waals surface area contributed by atoms with E-state index in [1.165, 1.54) is 4.90 Å². The lowest BCUT2D eigenvalue weighted by atomic mass is 10.1. The number of hydrogen-bond acceptors (Lipinski definition) is 4. The molecule has 0 radical (unpaired) electrons. The van der Waals surface area contributed by atoms with Gasteiger partial charge in [-0.1, -0.05) is 0 Å². The number of aryl methyl sites for hydroxylation is 2. The number of amides is 3.